The van der Waals surface area contributed by atoms with Gasteiger partial charge in [-0.2, -0.15) is 0 Å². The molecule has 2 aromatic rings. The van der Waals surface area contributed by atoms with Gasteiger partial charge in [-0.05, 0) is 30.5 Å². The summed E-state index contributed by atoms with van der Waals surface area (Å²) in [6.45, 7) is 4.66. The van der Waals surface area contributed by atoms with Crippen LogP contribution >= 0.6 is 27.5 Å². The van der Waals surface area contributed by atoms with Gasteiger partial charge in [0.25, 0.3) is 11.5 Å². The predicted octanol–water partition coefficient (Wildman–Crippen LogP) is 2.87. The number of amides is 1. The second kappa shape index (κ2) is 10.1. The van der Waals surface area contributed by atoms with Crippen LogP contribution in [0.1, 0.15) is 30.6 Å². The number of nitrogens with two attached hydrogens (primary N) is 1. The first-order chi connectivity index (χ1) is 13.7. The minimum atomic E-state index is -0.732. The molecule has 29 heavy (non-hydrogen) atoms. The third kappa shape index (κ3) is 5.49. The minimum absolute atomic E-state index is 0.0654. The van der Waals surface area contributed by atoms with Crippen molar-refractivity contribution >= 4 is 44.9 Å². The van der Waals surface area contributed by atoms with Crippen LogP contribution in [0.15, 0.2) is 32.3 Å². The molecule has 158 valence electrons. The predicted molar refractivity (Wildman–Crippen MR) is 118 cm³/mol. The Hall–Kier alpha value is -2.10. The van der Waals surface area contributed by atoms with Gasteiger partial charge in [0.2, 0.25) is 0 Å². The molecule has 0 aliphatic carbocycles. The minimum Gasteiger partial charge on any atom is -0.385 e. The molecule has 1 amide bonds. The number of aromatic nitrogens is 2. The SMILES string of the molecule is COCCCN(C(=O)c1cc(Br)ccc1Cl)c1c(N)n(CC(C)C)c(=O)[nH]c1=O. The maximum atomic E-state index is 13.3. The smallest absolute Gasteiger partial charge is 0.330 e. The fourth-order valence-electron chi connectivity index (χ4n) is 2.87. The maximum absolute atomic E-state index is 13.3. The van der Waals surface area contributed by atoms with E-state index in [9.17, 15) is 14.4 Å². The number of nitrogens with one attached hydrogen (secondary N) is 1. The molecule has 10 heteroatoms. The number of halogens is 2. The monoisotopic (exact) mass is 486 g/mol. The maximum Gasteiger partial charge on any atom is 0.330 e. The second-order valence-electron chi connectivity index (χ2n) is 6.92. The molecule has 0 saturated heterocycles. The fourth-order valence-corrected chi connectivity index (χ4v) is 3.43. The Morgan fingerprint density at radius 3 is 2.69 bits per heavy atom. The summed E-state index contributed by atoms with van der Waals surface area (Å²) in [5.41, 5.74) is 4.98. The zero-order chi connectivity index (χ0) is 21.7. The summed E-state index contributed by atoms with van der Waals surface area (Å²) in [7, 11) is 1.54. The van der Waals surface area contributed by atoms with Crippen LogP contribution in [0.3, 0.4) is 0 Å². The molecule has 1 heterocycles. The number of hydrogen-bond donors (Lipinski definition) is 2. The Morgan fingerprint density at radius 1 is 1.38 bits per heavy atom. The van der Waals surface area contributed by atoms with Gasteiger partial charge in [-0.15, -0.1) is 0 Å². The standard InChI is InChI=1S/C19H24BrClN4O4/c1-11(2)10-25-16(22)15(17(26)23-19(25)28)24(7-4-8-29-3)18(27)13-9-12(20)5-6-14(13)21/h5-6,9,11H,4,7-8,10,22H2,1-3H3,(H,23,26,28). The first kappa shape index (κ1) is 23.2. The molecular formula is C19H24BrClN4O4. The van der Waals surface area contributed by atoms with E-state index < -0.39 is 17.2 Å². The molecule has 0 unspecified atom stereocenters. The van der Waals surface area contributed by atoms with E-state index in [-0.39, 0.29) is 34.6 Å². The van der Waals surface area contributed by atoms with Crippen molar-refractivity contribution in [3.8, 4) is 0 Å². The van der Waals surface area contributed by atoms with Crippen molar-refractivity contribution in [2.75, 3.05) is 30.9 Å². The Morgan fingerprint density at radius 2 is 2.07 bits per heavy atom. The van der Waals surface area contributed by atoms with E-state index in [2.05, 4.69) is 20.9 Å². The lowest BCUT2D eigenvalue weighted by molar-refractivity contribution is 0.0983. The lowest BCUT2D eigenvalue weighted by Crippen LogP contribution is -2.42. The Balaban J connectivity index is 2.64. The third-order valence-corrected chi connectivity index (χ3v) is 4.99. The summed E-state index contributed by atoms with van der Waals surface area (Å²) in [5.74, 6) is -0.463. The van der Waals surface area contributed by atoms with E-state index in [1.807, 2.05) is 13.8 Å². The number of ether oxygens (including phenoxy) is 1. The van der Waals surface area contributed by atoms with Crippen molar-refractivity contribution in [1.29, 1.82) is 0 Å². The number of aromatic amines is 1. The summed E-state index contributed by atoms with van der Waals surface area (Å²) in [5, 5.41) is 0.237. The van der Waals surface area contributed by atoms with Crippen molar-refractivity contribution in [3.05, 3.63) is 54.1 Å². The number of H-pyrrole nitrogens is 1. The van der Waals surface area contributed by atoms with Crippen LogP contribution < -0.4 is 21.9 Å². The van der Waals surface area contributed by atoms with Crippen molar-refractivity contribution in [3.63, 3.8) is 0 Å². The summed E-state index contributed by atoms with van der Waals surface area (Å²) >= 11 is 9.55. The quantitative estimate of drug-likeness (QED) is 0.556. The van der Waals surface area contributed by atoms with Crippen molar-refractivity contribution in [1.82, 2.24) is 9.55 Å². The number of methoxy groups -OCH3 is 1. The van der Waals surface area contributed by atoms with Gasteiger partial charge in [-0.25, -0.2) is 4.79 Å². The number of carbonyl (C=O) groups excluding carboxylic acids is 1. The molecule has 0 aliphatic rings. The van der Waals surface area contributed by atoms with Gasteiger partial charge < -0.3 is 15.4 Å². The van der Waals surface area contributed by atoms with E-state index in [0.717, 1.165) is 0 Å². The molecule has 8 nitrogen and oxygen atoms in total. The summed E-state index contributed by atoms with van der Waals surface area (Å²) in [6.07, 6.45) is 0.454. The molecule has 0 spiro atoms. The summed E-state index contributed by atoms with van der Waals surface area (Å²) in [4.78, 5) is 41.7. The van der Waals surface area contributed by atoms with Crippen LogP contribution in [0.25, 0.3) is 0 Å². The van der Waals surface area contributed by atoms with Gasteiger partial charge in [-0.1, -0.05) is 41.4 Å². The zero-order valence-electron chi connectivity index (χ0n) is 16.5. The van der Waals surface area contributed by atoms with E-state index in [0.29, 0.717) is 24.0 Å². The fraction of sp³-hybridized carbons (Fsp3) is 0.421. The van der Waals surface area contributed by atoms with Gasteiger partial charge in [0.05, 0.1) is 10.6 Å². The average Bonchev–Trinajstić information content (AvgIpc) is 2.65. The van der Waals surface area contributed by atoms with Gasteiger partial charge in [-0.3, -0.25) is 19.1 Å². The van der Waals surface area contributed by atoms with E-state index in [4.69, 9.17) is 22.1 Å². The highest BCUT2D eigenvalue weighted by Crippen LogP contribution is 2.26. The lowest BCUT2D eigenvalue weighted by Gasteiger charge is -2.25. The van der Waals surface area contributed by atoms with Crippen molar-refractivity contribution in [2.45, 2.75) is 26.8 Å². The first-order valence-corrected chi connectivity index (χ1v) is 10.2. The molecule has 0 fully saturated rings. The Kier molecular flexibility index (Phi) is 8.06. The molecule has 3 N–H and O–H groups in total. The molecule has 1 aromatic carbocycles. The van der Waals surface area contributed by atoms with Crippen molar-refractivity contribution in [2.24, 2.45) is 5.92 Å². The molecule has 2 rings (SSSR count). The normalized spacial score (nSPS) is 11.1. The van der Waals surface area contributed by atoms with E-state index in [1.165, 1.54) is 9.47 Å². The first-order valence-electron chi connectivity index (χ1n) is 9.05. The van der Waals surface area contributed by atoms with Crippen LogP contribution in [-0.4, -0.2) is 35.7 Å². The molecular weight excluding hydrogens is 464 g/mol. The summed E-state index contributed by atoms with van der Waals surface area (Å²) < 4.78 is 6.99. The van der Waals surface area contributed by atoms with Gasteiger partial charge in [0.1, 0.15) is 5.82 Å². The number of carbonyl (C=O) groups is 1. The largest absolute Gasteiger partial charge is 0.385 e. The van der Waals surface area contributed by atoms with Crippen molar-refractivity contribution < 1.29 is 9.53 Å². The van der Waals surface area contributed by atoms with Crippen LogP contribution in [0, 0.1) is 5.92 Å². The topological polar surface area (TPSA) is 110 Å². The van der Waals surface area contributed by atoms with Crippen LogP contribution in [0.5, 0.6) is 0 Å². The zero-order valence-corrected chi connectivity index (χ0v) is 18.8. The number of rotatable bonds is 8. The molecule has 0 bridgehead atoms. The van der Waals surface area contributed by atoms with Gasteiger partial charge >= 0.3 is 5.69 Å². The van der Waals surface area contributed by atoms with Gasteiger partial charge in [0.15, 0.2) is 5.69 Å². The molecule has 0 atom stereocenters. The highest BCUT2D eigenvalue weighted by molar-refractivity contribution is 9.10. The molecule has 0 saturated carbocycles. The number of nitrogens with zero attached hydrogens (tertiary/aromatic N) is 2. The van der Waals surface area contributed by atoms with Gasteiger partial charge in [0, 0.05) is 31.3 Å². The highest BCUT2D eigenvalue weighted by Gasteiger charge is 2.26. The average molecular weight is 488 g/mol. The molecule has 0 aliphatic heterocycles. The number of nitrogen functional groups attached to an aromatic ring is 1. The highest BCUT2D eigenvalue weighted by atomic mass is 79.9. The van der Waals surface area contributed by atoms with Crippen LogP contribution in [0.4, 0.5) is 11.5 Å². The Labute approximate surface area is 181 Å². The number of anilines is 2. The number of hydrogen-bond acceptors (Lipinski definition) is 5. The van der Waals surface area contributed by atoms with Crippen LogP contribution in [-0.2, 0) is 11.3 Å². The second-order valence-corrected chi connectivity index (χ2v) is 8.25. The van der Waals surface area contributed by atoms with E-state index >= 15 is 0 Å². The molecule has 0 radical (unpaired) electrons. The number of benzene rings is 1. The summed E-state index contributed by atoms with van der Waals surface area (Å²) in [6, 6.07) is 4.86. The lowest BCUT2D eigenvalue weighted by atomic mass is 10.1. The third-order valence-electron chi connectivity index (χ3n) is 4.17. The Bertz CT molecular complexity index is 1000. The van der Waals surface area contributed by atoms with Crippen LogP contribution in [0.2, 0.25) is 5.02 Å². The van der Waals surface area contributed by atoms with E-state index in [1.54, 1.807) is 25.3 Å². The molecule has 1 aromatic heterocycles.